The van der Waals surface area contributed by atoms with Crippen LogP contribution in [0.4, 0.5) is 11.4 Å². The molecule has 3 rings (SSSR count). The van der Waals surface area contributed by atoms with E-state index in [0.29, 0.717) is 18.0 Å². The Morgan fingerprint density at radius 1 is 1.16 bits per heavy atom. The van der Waals surface area contributed by atoms with E-state index in [2.05, 4.69) is 13.8 Å². The zero-order valence-electron chi connectivity index (χ0n) is 17.5. The van der Waals surface area contributed by atoms with Crippen LogP contribution in [0.5, 0.6) is 5.75 Å². The number of hydrogen-bond acceptors (Lipinski definition) is 5. The molecule has 1 aliphatic heterocycles. The van der Waals surface area contributed by atoms with Gasteiger partial charge >= 0.3 is 35.5 Å². The van der Waals surface area contributed by atoms with Gasteiger partial charge in [0.05, 0.1) is 16.3 Å². The normalized spacial score (nSPS) is 19.6. The molecular formula is C23H30NNaO5S. The molecule has 0 aromatic heterocycles. The molecule has 1 aliphatic rings. The van der Waals surface area contributed by atoms with Crippen LogP contribution in [-0.2, 0) is 14.6 Å². The van der Waals surface area contributed by atoms with Crippen LogP contribution < -0.4 is 9.64 Å². The Labute approximate surface area is 206 Å². The van der Waals surface area contributed by atoms with E-state index in [9.17, 15) is 13.2 Å². The number of rotatable bonds is 8. The monoisotopic (exact) mass is 455 g/mol. The van der Waals surface area contributed by atoms with Crippen LogP contribution in [0.15, 0.2) is 53.4 Å². The molecule has 0 radical (unpaired) electrons. The molecule has 6 nitrogen and oxygen atoms in total. The number of unbranched alkanes of at least 4 members (excludes halogenated alkanes) is 1. The summed E-state index contributed by atoms with van der Waals surface area (Å²) in [6.07, 6.45) is 3.56. The third-order valence-electron chi connectivity index (χ3n) is 5.79. The zero-order chi connectivity index (χ0) is 21.8. The van der Waals surface area contributed by atoms with E-state index < -0.39 is 22.4 Å². The molecule has 164 valence electrons. The fourth-order valence-corrected chi connectivity index (χ4v) is 6.25. The predicted octanol–water partition coefficient (Wildman–Crippen LogP) is 4.01. The van der Waals surface area contributed by atoms with Crippen LogP contribution in [-0.4, -0.2) is 68.0 Å². The van der Waals surface area contributed by atoms with Crippen LogP contribution in [0.1, 0.15) is 39.5 Å². The van der Waals surface area contributed by atoms with Crippen LogP contribution in [0.2, 0.25) is 0 Å². The molecule has 0 saturated heterocycles. The van der Waals surface area contributed by atoms with Crippen molar-refractivity contribution in [3.05, 3.63) is 48.5 Å². The fraction of sp³-hybridized carbons (Fsp3) is 0.435. The average molecular weight is 456 g/mol. The molecule has 0 bridgehead atoms. The molecule has 1 unspecified atom stereocenters. The molecule has 31 heavy (non-hydrogen) atoms. The number of sulfone groups is 1. The summed E-state index contributed by atoms with van der Waals surface area (Å²) in [6, 6.07) is 14.4. The summed E-state index contributed by atoms with van der Waals surface area (Å²) < 4.78 is 32.2. The number of nitrogens with zero attached hydrogens (tertiary/aromatic N) is 1. The first-order chi connectivity index (χ1) is 14.3. The topological polar surface area (TPSA) is 83.9 Å². The van der Waals surface area contributed by atoms with Crippen molar-refractivity contribution in [1.29, 1.82) is 0 Å². The molecule has 0 amide bonds. The molecule has 1 heterocycles. The number of carboxylic acid groups (broad SMARTS) is 1. The maximum absolute atomic E-state index is 13.4. The minimum atomic E-state index is -3.53. The second-order valence-electron chi connectivity index (χ2n) is 7.95. The molecule has 0 spiro atoms. The van der Waals surface area contributed by atoms with Gasteiger partial charge in [-0.3, -0.25) is 0 Å². The van der Waals surface area contributed by atoms with Crippen molar-refractivity contribution in [3.8, 4) is 5.75 Å². The van der Waals surface area contributed by atoms with Crippen molar-refractivity contribution in [1.82, 2.24) is 0 Å². The van der Waals surface area contributed by atoms with Crippen molar-refractivity contribution in [2.45, 2.75) is 44.4 Å². The summed E-state index contributed by atoms with van der Waals surface area (Å²) in [7, 11) is -3.53. The molecule has 1 N–H and O–H groups in total. The average Bonchev–Trinajstić information content (AvgIpc) is 2.83. The van der Waals surface area contributed by atoms with Gasteiger partial charge in [-0.1, -0.05) is 44.9 Å². The van der Waals surface area contributed by atoms with Crippen molar-refractivity contribution in [3.63, 3.8) is 0 Å². The van der Waals surface area contributed by atoms with Gasteiger partial charge < -0.3 is 14.7 Å². The Hall–Kier alpha value is -1.54. The van der Waals surface area contributed by atoms with E-state index in [1.54, 1.807) is 12.1 Å². The van der Waals surface area contributed by atoms with Crippen LogP contribution in [0.25, 0.3) is 0 Å². The number of hydrogen-bond donors (Lipinski definition) is 1. The van der Waals surface area contributed by atoms with Crippen molar-refractivity contribution < 1.29 is 23.1 Å². The molecule has 0 saturated carbocycles. The number of para-hydroxylation sites is 1. The summed E-state index contributed by atoms with van der Waals surface area (Å²) in [4.78, 5) is 13.2. The first-order valence-corrected chi connectivity index (χ1v) is 12.0. The van der Waals surface area contributed by atoms with E-state index in [1.807, 2.05) is 35.2 Å². The first kappa shape index (κ1) is 25.7. The van der Waals surface area contributed by atoms with Gasteiger partial charge in [0.15, 0.2) is 16.4 Å². The Bertz CT molecular complexity index is 996. The van der Waals surface area contributed by atoms with Gasteiger partial charge in [-0.15, -0.1) is 0 Å². The van der Waals surface area contributed by atoms with E-state index in [-0.39, 0.29) is 45.6 Å². The van der Waals surface area contributed by atoms with E-state index in [1.165, 1.54) is 6.07 Å². The minimum absolute atomic E-state index is 0. The van der Waals surface area contributed by atoms with Gasteiger partial charge in [-0.25, -0.2) is 13.2 Å². The maximum atomic E-state index is 13.4. The molecular weight excluding hydrogens is 425 g/mol. The zero-order valence-corrected chi connectivity index (χ0v) is 18.3. The van der Waals surface area contributed by atoms with E-state index in [4.69, 9.17) is 9.84 Å². The number of carboxylic acids is 1. The van der Waals surface area contributed by atoms with E-state index >= 15 is 0 Å². The summed E-state index contributed by atoms with van der Waals surface area (Å²) in [6.45, 7) is 4.27. The van der Waals surface area contributed by atoms with Gasteiger partial charge in [0, 0.05) is 23.7 Å². The number of anilines is 2. The third kappa shape index (κ3) is 6.04. The Balaban J connectivity index is 0.00000341. The number of fused-ring (bicyclic) bond motifs is 1. The van der Waals surface area contributed by atoms with Gasteiger partial charge in [0.25, 0.3) is 0 Å². The predicted molar refractivity (Wildman–Crippen MR) is 124 cm³/mol. The quantitative estimate of drug-likeness (QED) is 0.606. The number of carbonyl (C=O) groups is 1. The second-order valence-corrected chi connectivity index (χ2v) is 9.91. The molecule has 0 fully saturated rings. The molecule has 1 atom stereocenters. The van der Waals surface area contributed by atoms with Crippen LogP contribution in [0, 0.1) is 5.41 Å². The Morgan fingerprint density at radius 3 is 2.48 bits per heavy atom. The fourth-order valence-electron chi connectivity index (χ4n) is 4.08. The van der Waals surface area contributed by atoms with E-state index in [0.717, 1.165) is 31.4 Å². The molecule has 0 aliphatic carbocycles. The second kappa shape index (κ2) is 10.9. The molecule has 2 aromatic rings. The summed E-state index contributed by atoms with van der Waals surface area (Å²) in [5, 5.41) is 8.92. The molecule has 8 heteroatoms. The number of aliphatic carboxylic acids is 1. The van der Waals surface area contributed by atoms with Crippen LogP contribution >= 0.6 is 0 Å². The number of ether oxygens (including phenoxy) is 1. The van der Waals surface area contributed by atoms with Gasteiger partial charge in [-0.2, -0.15) is 0 Å². The molecule has 2 aromatic carbocycles. The Morgan fingerprint density at radius 2 is 1.87 bits per heavy atom. The Kier molecular flexibility index (Phi) is 9.01. The standard InChI is InChI=1S/C23H29NO5S.Na.H/c1-3-5-13-23(4-2)16-24(18-9-7-6-8-10-18)20-14-19(29-15-22(25)26)11-12-21(20)30(27,28)17-23;;/h6-12,14H,3-5,13,15-17H2,1-2H3,(H,25,26);;. The van der Waals surface area contributed by atoms with Crippen molar-refractivity contribution in [2.24, 2.45) is 5.41 Å². The summed E-state index contributed by atoms with van der Waals surface area (Å²) in [5.74, 6) is -0.644. The van der Waals surface area contributed by atoms with Gasteiger partial charge in [0.1, 0.15) is 5.75 Å². The van der Waals surface area contributed by atoms with Gasteiger partial charge in [-0.05, 0) is 37.1 Å². The van der Waals surface area contributed by atoms with Crippen molar-refractivity contribution in [2.75, 3.05) is 23.8 Å². The number of benzene rings is 2. The SMILES string of the molecule is CCCCC1(CC)CN(c2ccccc2)c2cc(OCC(=O)O)ccc2S(=O)(=O)C1.[NaH]. The van der Waals surface area contributed by atoms with Crippen LogP contribution in [0.3, 0.4) is 0 Å². The van der Waals surface area contributed by atoms with Gasteiger partial charge in [0.2, 0.25) is 0 Å². The summed E-state index contributed by atoms with van der Waals surface area (Å²) >= 11 is 0. The van der Waals surface area contributed by atoms with Crippen molar-refractivity contribution >= 4 is 56.7 Å². The summed E-state index contributed by atoms with van der Waals surface area (Å²) in [5.41, 5.74) is 1.07. The third-order valence-corrected chi connectivity index (χ3v) is 7.79. The first-order valence-electron chi connectivity index (χ1n) is 10.3.